The van der Waals surface area contributed by atoms with Crippen LogP contribution in [-0.2, 0) is 4.84 Å². The van der Waals surface area contributed by atoms with Gasteiger partial charge in [0.1, 0.15) is 0 Å². The molecule has 3 heteroatoms. The molecule has 0 spiro atoms. The SMILES string of the molecule is CC1(C)CC(O)CC(C)(C)N1OC1C=CCCCCC1. The molecule has 1 saturated heterocycles. The Morgan fingerprint density at radius 1 is 1.05 bits per heavy atom. The lowest BCUT2D eigenvalue weighted by molar-refractivity contribution is -0.307. The summed E-state index contributed by atoms with van der Waals surface area (Å²) in [6.45, 7) is 8.68. The van der Waals surface area contributed by atoms with E-state index in [9.17, 15) is 5.11 Å². The lowest BCUT2D eigenvalue weighted by Crippen LogP contribution is -2.62. The van der Waals surface area contributed by atoms with Gasteiger partial charge in [-0.05, 0) is 59.8 Å². The molecule has 1 aliphatic carbocycles. The van der Waals surface area contributed by atoms with Gasteiger partial charge in [0.2, 0.25) is 0 Å². The predicted molar refractivity (Wildman–Crippen MR) is 82.3 cm³/mol. The summed E-state index contributed by atoms with van der Waals surface area (Å²) >= 11 is 0. The minimum atomic E-state index is -0.229. The molecule has 20 heavy (non-hydrogen) atoms. The largest absolute Gasteiger partial charge is 0.393 e. The summed E-state index contributed by atoms with van der Waals surface area (Å²) in [4.78, 5) is 6.38. The van der Waals surface area contributed by atoms with Gasteiger partial charge in [-0.15, -0.1) is 0 Å². The fourth-order valence-electron chi connectivity index (χ4n) is 3.85. The number of piperidine rings is 1. The first-order valence-corrected chi connectivity index (χ1v) is 8.13. The van der Waals surface area contributed by atoms with Crippen molar-refractivity contribution in [3.8, 4) is 0 Å². The highest BCUT2D eigenvalue weighted by Crippen LogP contribution is 2.39. The van der Waals surface area contributed by atoms with Crippen LogP contribution < -0.4 is 0 Å². The van der Waals surface area contributed by atoms with Gasteiger partial charge >= 0.3 is 0 Å². The Bertz CT molecular complexity index is 331. The molecule has 2 rings (SSSR count). The van der Waals surface area contributed by atoms with Crippen molar-refractivity contribution >= 4 is 0 Å². The molecule has 0 aromatic heterocycles. The van der Waals surface area contributed by atoms with Crippen molar-refractivity contribution in [1.29, 1.82) is 0 Å². The van der Waals surface area contributed by atoms with Crippen LogP contribution in [0, 0.1) is 0 Å². The summed E-state index contributed by atoms with van der Waals surface area (Å²) in [5, 5.41) is 12.2. The summed E-state index contributed by atoms with van der Waals surface area (Å²) in [7, 11) is 0. The minimum Gasteiger partial charge on any atom is -0.393 e. The molecule has 0 saturated carbocycles. The van der Waals surface area contributed by atoms with Gasteiger partial charge in [-0.2, -0.15) is 5.06 Å². The average Bonchev–Trinajstić information content (AvgIpc) is 2.23. The van der Waals surface area contributed by atoms with Crippen molar-refractivity contribution < 1.29 is 9.94 Å². The molecule has 116 valence electrons. The van der Waals surface area contributed by atoms with Crippen LogP contribution >= 0.6 is 0 Å². The minimum absolute atomic E-state index is 0.128. The van der Waals surface area contributed by atoms with Gasteiger partial charge in [0.25, 0.3) is 0 Å². The van der Waals surface area contributed by atoms with Crippen molar-refractivity contribution in [2.45, 2.75) is 95.9 Å². The van der Waals surface area contributed by atoms with E-state index in [0.717, 1.165) is 19.3 Å². The number of hydrogen-bond acceptors (Lipinski definition) is 3. The number of aliphatic hydroxyl groups is 1. The van der Waals surface area contributed by atoms with Gasteiger partial charge in [0.05, 0.1) is 12.2 Å². The molecule has 2 aliphatic rings. The average molecular weight is 281 g/mol. The molecule has 0 amide bonds. The Kier molecular flexibility index (Phi) is 4.93. The zero-order valence-corrected chi connectivity index (χ0v) is 13.6. The normalized spacial score (nSPS) is 31.8. The van der Waals surface area contributed by atoms with Crippen molar-refractivity contribution in [3.05, 3.63) is 12.2 Å². The second-order valence-corrected chi connectivity index (χ2v) is 7.69. The lowest BCUT2D eigenvalue weighted by Gasteiger charge is -2.53. The first kappa shape index (κ1) is 16.0. The van der Waals surface area contributed by atoms with E-state index >= 15 is 0 Å². The number of hydroxylamine groups is 2. The number of aliphatic hydroxyl groups excluding tert-OH is 1. The molecule has 1 heterocycles. The highest BCUT2D eigenvalue weighted by atomic mass is 16.7. The van der Waals surface area contributed by atoms with Gasteiger partial charge in [-0.3, -0.25) is 4.84 Å². The third kappa shape index (κ3) is 3.84. The third-order valence-corrected chi connectivity index (χ3v) is 4.52. The van der Waals surface area contributed by atoms with Crippen molar-refractivity contribution in [1.82, 2.24) is 5.06 Å². The second-order valence-electron chi connectivity index (χ2n) is 7.69. The van der Waals surface area contributed by atoms with Crippen molar-refractivity contribution in [2.24, 2.45) is 0 Å². The van der Waals surface area contributed by atoms with Crippen LogP contribution in [0.15, 0.2) is 12.2 Å². The Morgan fingerprint density at radius 3 is 2.35 bits per heavy atom. The maximum atomic E-state index is 10.1. The van der Waals surface area contributed by atoms with Crippen LogP contribution in [0.2, 0.25) is 0 Å². The summed E-state index contributed by atoms with van der Waals surface area (Å²) in [6.07, 6.45) is 12.1. The number of allylic oxidation sites excluding steroid dienone is 1. The summed E-state index contributed by atoms with van der Waals surface area (Å²) < 4.78 is 0. The Morgan fingerprint density at radius 2 is 1.70 bits per heavy atom. The molecular weight excluding hydrogens is 250 g/mol. The zero-order chi connectivity index (χ0) is 14.8. The first-order valence-electron chi connectivity index (χ1n) is 8.13. The van der Waals surface area contributed by atoms with Crippen LogP contribution in [0.3, 0.4) is 0 Å². The highest BCUT2D eigenvalue weighted by Gasteiger charge is 2.46. The fourth-order valence-corrected chi connectivity index (χ4v) is 3.85. The Hall–Kier alpha value is -0.380. The van der Waals surface area contributed by atoms with Gasteiger partial charge in [-0.25, -0.2) is 0 Å². The smallest absolute Gasteiger partial charge is 0.0974 e. The maximum Gasteiger partial charge on any atom is 0.0974 e. The van der Waals surface area contributed by atoms with E-state index < -0.39 is 0 Å². The molecule has 3 nitrogen and oxygen atoms in total. The van der Waals surface area contributed by atoms with E-state index in [0.29, 0.717) is 0 Å². The van der Waals surface area contributed by atoms with Gasteiger partial charge in [0.15, 0.2) is 0 Å². The molecule has 0 radical (unpaired) electrons. The first-order chi connectivity index (χ1) is 9.31. The van der Waals surface area contributed by atoms with Crippen molar-refractivity contribution in [3.63, 3.8) is 0 Å². The third-order valence-electron chi connectivity index (χ3n) is 4.52. The number of hydrogen-bond donors (Lipinski definition) is 1. The molecule has 0 bridgehead atoms. The molecule has 1 N–H and O–H groups in total. The standard InChI is InChI=1S/C17H31NO2/c1-16(2)12-14(19)13-17(3,4)18(16)20-15-10-8-6-5-7-9-11-15/h8,10,14-15,19H,5-7,9,11-13H2,1-4H3. The van der Waals surface area contributed by atoms with Crippen LogP contribution in [-0.4, -0.2) is 33.5 Å². The van der Waals surface area contributed by atoms with Crippen LogP contribution in [0.4, 0.5) is 0 Å². The number of rotatable bonds is 2. The Balaban J connectivity index is 2.10. The van der Waals surface area contributed by atoms with E-state index in [4.69, 9.17) is 4.84 Å². The highest BCUT2D eigenvalue weighted by molar-refractivity contribution is 4.98. The van der Waals surface area contributed by atoms with Gasteiger partial charge in [0, 0.05) is 11.1 Å². The summed E-state index contributed by atoms with van der Waals surface area (Å²) in [6, 6.07) is 0. The topological polar surface area (TPSA) is 32.7 Å². The molecule has 1 unspecified atom stereocenters. The number of nitrogens with zero attached hydrogens (tertiary/aromatic N) is 1. The quantitative estimate of drug-likeness (QED) is 0.781. The predicted octanol–water partition coefficient (Wildman–Crippen LogP) is 3.82. The Labute approximate surface area is 123 Å². The van der Waals surface area contributed by atoms with E-state index in [1.165, 1.54) is 25.7 Å². The molecule has 0 aromatic rings. The lowest BCUT2D eigenvalue weighted by atomic mass is 9.80. The van der Waals surface area contributed by atoms with Crippen molar-refractivity contribution in [2.75, 3.05) is 0 Å². The van der Waals surface area contributed by atoms with E-state index in [1.807, 2.05) is 0 Å². The summed E-state index contributed by atoms with van der Waals surface area (Å²) in [5.74, 6) is 0. The van der Waals surface area contributed by atoms with Crippen LogP contribution in [0.1, 0.15) is 72.6 Å². The van der Waals surface area contributed by atoms with Gasteiger partial charge < -0.3 is 5.11 Å². The zero-order valence-electron chi connectivity index (χ0n) is 13.6. The fraction of sp³-hybridized carbons (Fsp3) is 0.882. The molecule has 1 atom stereocenters. The maximum absolute atomic E-state index is 10.1. The molecular formula is C17H31NO2. The molecule has 1 aliphatic heterocycles. The van der Waals surface area contributed by atoms with Crippen LogP contribution in [0.5, 0.6) is 0 Å². The van der Waals surface area contributed by atoms with Gasteiger partial charge in [-0.1, -0.05) is 25.0 Å². The monoisotopic (exact) mass is 281 g/mol. The van der Waals surface area contributed by atoms with E-state index in [1.54, 1.807) is 0 Å². The summed E-state index contributed by atoms with van der Waals surface area (Å²) in [5.41, 5.74) is -0.255. The molecule has 1 fully saturated rings. The molecule has 0 aromatic carbocycles. The van der Waals surface area contributed by atoms with E-state index in [2.05, 4.69) is 44.9 Å². The van der Waals surface area contributed by atoms with E-state index in [-0.39, 0.29) is 23.3 Å². The second kappa shape index (κ2) is 6.17. The van der Waals surface area contributed by atoms with Crippen LogP contribution in [0.25, 0.3) is 0 Å².